The normalized spacial score (nSPS) is 9.96. The molecule has 0 atom stereocenters. The monoisotopic (exact) mass is 327 g/mol. The molecule has 0 aliphatic carbocycles. The highest BCUT2D eigenvalue weighted by Crippen LogP contribution is 2.24. The lowest BCUT2D eigenvalue weighted by atomic mass is 10.2. The van der Waals surface area contributed by atoms with Gasteiger partial charge in [0.1, 0.15) is 5.75 Å². The molecule has 0 aromatic heterocycles. The highest BCUT2D eigenvalue weighted by atomic mass is 16.5. The average Bonchev–Trinajstić information content (AvgIpc) is 2.54. The fourth-order valence-electron chi connectivity index (χ4n) is 2.18. The SMILES string of the molecule is COc1ccc(C)cc1NCC(=O)Nc1ccc(NC(C)=O)cc1. The number of anilines is 3. The molecule has 6 nitrogen and oxygen atoms in total. The van der Waals surface area contributed by atoms with Crippen LogP contribution < -0.4 is 20.7 Å². The third-order valence-corrected chi connectivity index (χ3v) is 3.28. The summed E-state index contributed by atoms with van der Waals surface area (Å²) in [4.78, 5) is 23.0. The summed E-state index contributed by atoms with van der Waals surface area (Å²) in [6.45, 7) is 3.54. The van der Waals surface area contributed by atoms with Gasteiger partial charge in [-0.05, 0) is 48.9 Å². The topological polar surface area (TPSA) is 79.5 Å². The van der Waals surface area contributed by atoms with E-state index in [1.165, 1.54) is 6.92 Å². The number of hydrogen-bond donors (Lipinski definition) is 3. The molecule has 2 aromatic rings. The lowest BCUT2D eigenvalue weighted by Gasteiger charge is -2.12. The van der Waals surface area contributed by atoms with Gasteiger partial charge in [0.25, 0.3) is 0 Å². The molecule has 0 spiro atoms. The Morgan fingerprint density at radius 3 is 2.21 bits per heavy atom. The van der Waals surface area contributed by atoms with Gasteiger partial charge in [-0.2, -0.15) is 0 Å². The molecule has 0 unspecified atom stereocenters. The van der Waals surface area contributed by atoms with Crippen molar-refractivity contribution in [2.45, 2.75) is 13.8 Å². The molecule has 0 aliphatic rings. The van der Waals surface area contributed by atoms with Crippen molar-refractivity contribution in [1.29, 1.82) is 0 Å². The molecule has 2 aromatic carbocycles. The number of nitrogens with one attached hydrogen (secondary N) is 3. The number of benzene rings is 2. The molecule has 0 saturated heterocycles. The molecule has 0 bridgehead atoms. The third kappa shape index (κ3) is 5.01. The first-order chi connectivity index (χ1) is 11.5. The lowest BCUT2D eigenvalue weighted by molar-refractivity contribution is -0.115. The second kappa shape index (κ2) is 8.01. The maximum Gasteiger partial charge on any atom is 0.243 e. The third-order valence-electron chi connectivity index (χ3n) is 3.28. The van der Waals surface area contributed by atoms with Crippen molar-refractivity contribution in [3.05, 3.63) is 48.0 Å². The number of carbonyl (C=O) groups excluding carboxylic acids is 2. The van der Waals surface area contributed by atoms with Crippen LogP contribution in [0.1, 0.15) is 12.5 Å². The second-order valence-electron chi connectivity index (χ2n) is 5.36. The number of amides is 2. The van der Waals surface area contributed by atoms with Crippen LogP contribution in [0.2, 0.25) is 0 Å². The van der Waals surface area contributed by atoms with Crippen LogP contribution in [-0.4, -0.2) is 25.5 Å². The van der Waals surface area contributed by atoms with E-state index < -0.39 is 0 Å². The Bertz CT molecular complexity index is 727. The molecule has 3 N–H and O–H groups in total. The first-order valence-corrected chi connectivity index (χ1v) is 7.54. The molecule has 6 heteroatoms. The van der Waals surface area contributed by atoms with Gasteiger partial charge >= 0.3 is 0 Å². The van der Waals surface area contributed by atoms with E-state index in [-0.39, 0.29) is 18.4 Å². The molecule has 2 amide bonds. The predicted molar refractivity (Wildman–Crippen MR) is 95.6 cm³/mol. The molecule has 0 aliphatic heterocycles. The van der Waals surface area contributed by atoms with Crippen LogP contribution in [0, 0.1) is 6.92 Å². The molecule has 0 saturated carbocycles. The minimum Gasteiger partial charge on any atom is -0.495 e. The van der Waals surface area contributed by atoms with E-state index in [1.54, 1.807) is 31.4 Å². The van der Waals surface area contributed by atoms with Crippen molar-refractivity contribution in [2.75, 3.05) is 29.6 Å². The van der Waals surface area contributed by atoms with E-state index in [2.05, 4.69) is 16.0 Å². The van der Waals surface area contributed by atoms with Gasteiger partial charge in [0, 0.05) is 18.3 Å². The minimum atomic E-state index is -0.175. The summed E-state index contributed by atoms with van der Waals surface area (Å²) in [5.41, 5.74) is 3.19. The van der Waals surface area contributed by atoms with E-state index >= 15 is 0 Å². The van der Waals surface area contributed by atoms with E-state index in [1.807, 2.05) is 25.1 Å². The van der Waals surface area contributed by atoms with Crippen LogP contribution in [0.25, 0.3) is 0 Å². The van der Waals surface area contributed by atoms with Gasteiger partial charge in [-0.15, -0.1) is 0 Å². The van der Waals surface area contributed by atoms with Gasteiger partial charge in [-0.3, -0.25) is 9.59 Å². The number of ether oxygens (including phenoxy) is 1. The highest BCUT2D eigenvalue weighted by molar-refractivity contribution is 5.94. The van der Waals surface area contributed by atoms with Gasteiger partial charge in [0.05, 0.1) is 19.3 Å². The quantitative estimate of drug-likeness (QED) is 0.762. The van der Waals surface area contributed by atoms with E-state index in [4.69, 9.17) is 4.74 Å². The Morgan fingerprint density at radius 2 is 1.62 bits per heavy atom. The molecular weight excluding hydrogens is 306 g/mol. The molecule has 0 radical (unpaired) electrons. The first kappa shape index (κ1) is 17.3. The summed E-state index contributed by atoms with van der Waals surface area (Å²) in [6.07, 6.45) is 0. The lowest BCUT2D eigenvalue weighted by Crippen LogP contribution is -2.22. The summed E-state index contributed by atoms with van der Waals surface area (Å²) in [5.74, 6) is 0.377. The Balaban J connectivity index is 1.91. The minimum absolute atomic E-state index is 0.118. The van der Waals surface area contributed by atoms with Crippen molar-refractivity contribution >= 4 is 28.9 Å². The van der Waals surface area contributed by atoms with Crippen LogP contribution >= 0.6 is 0 Å². The Hall–Kier alpha value is -3.02. The van der Waals surface area contributed by atoms with Crippen LogP contribution in [0.5, 0.6) is 5.75 Å². The predicted octanol–water partition coefficient (Wildman–Crippen LogP) is 3.01. The fourth-order valence-corrected chi connectivity index (χ4v) is 2.18. The van der Waals surface area contributed by atoms with Crippen molar-refractivity contribution in [2.24, 2.45) is 0 Å². The van der Waals surface area contributed by atoms with E-state index in [9.17, 15) is 9.59 Å². The van der Waals surface area contributed by atoms with Crippen molar-refractivity contribution in [3.8, 4) is 5.75 Å². The molecule has 126 valence electrons. The maximum atomic E-state index is 12.0. The van der Waals surface area contributed by atoms with Crippen molar-refractivity contribution in [3.63, 3.8) is 0 Å². The van der Waals surface area contributed by atoms with Gasteiger partial charge < -0.3 is 20.7 Å². The second-order valence-corrected chi connectivity index (χ2v) is 5.36. The Labute approximate surface area is 141 Å². The zero-order valence-corrected chi connectivity index (χ0v) is 14.0. The van der Waals surface area contributed by atoms with Crippen LogP contribution in [0.4, 0.5) is 17.1 Å². The number of methoxy groups -OCH3 is 1. The molecule has 0 fully saturated rings. The van der Waals surface area contributed by atoms with Crippen LogP contribution in [0.3, 0.4) is 0 Å². The van der Waals surface area contributed by atoms with Crippen molar-refractivity contribution < 1.29 is 14.3 Å². The van der Waals surface area contributed by atoms with Gasteiger partial charge in [-0.25, -0.2) is 0 Å². The van der Waals surface area contributed by atoms with Crippen molar-refractivity contribution in [1.82, 2.24) is 0 Å². The summed E-state index contributed by atoms with van der Waals surface area (Å²) in [5, 5.41) is 8.53. The summed E-state index contributed by atoms with van der Waals surface area (Å²) >= 11 is 0. The zero-order valence-electron chi connectivity index (χ0n) is 14.0. The molecule has 2 rings (SSSR count). The average molecular weight is 327 g/mol. The van der Waals surface area contributed by atoms with Crippen LogP contribution in [-0.2, 0) is 9.59 Å². The summed E-state index contributed by atoms with van der Waals surface area (Å²) < 4.78 is 5.27. The Kier molecular flexibility index (Phi) is 5.78. The first-order valence-electron chi connectivity index (χ1n) is 7.54. The smallest absolute Gasteiger partial charge is 0.243 e. The fraction of sp³-hybridized carbons (Fsp3) is 0.222. The van der Waals surface area contributed by atoms with E-state index in [0.717, 1.165) is 11.3 Å². The number of carbonyl (C=O) groups is 2. The van der Waals surface area contributed by atoms with E-state index in [0.29, 0.717) is 17.1 Å². The number of aryl methyl sites for hydroxylation is 1. The van der Waals surface area contributed by atoms with Gasteiger partial charge in [0.15, 0.2) is 0 Å². The molecule has 24 heavy (non-hydrogen) atoms. The molecule has 0 heterocycles. The maximum absolute atomic E-state index is 12.0. The standard InChI is InChI=1S/C18H21N3O3/c1-12-4-9-17(24-3)16(10-12)19-11-18(23)21-15-7-5-14(6-8-15)20-13(2)22/h4-10,19H,11H2,1-3H3,(H,20,22)(H,21,23). The van der Waals surface area contributed by atoms with Gasteiger partial charge in [0.2, 0.25) is 11.8 Å². The number of rotatable bonds is 6. The molecular formula is C18H21N3O3. The largest absolute Gasteiger partial charge is 0.495 e. The Morgan fingerprint density at radius 1 is 1.00 bits per heavy atom. The summed E-state index contributed by atoms with van der Waals surface area (Å²) in [6, 6.07) is 12.7. The number of hydrogen-bond acceptors (Lipinski definition) is 4. The van der Waals surface area contributed by atoms with Crippen LogP contribution in [0.15, 0.2) is 42.5 Å². The zero-order chi connectivity index (χ0) is 17.5. The summed E-state index contributed by atoms with van der Waals surface area (Å²) in [7, 11) is 1.59. The highest BCUT2D eigenvalue weighted by Gasteiger charge is 2.06. The van der Waals surface area contributed by atoms with Gasteiger partial charge in [-0.1, -0.05) is 6.07 Å².